The number of nitrogens with zero attached hydrogens (tertiary/aromatic N) is 1. The summed E-state index contributed by atoms with van der Waals surface area (Å²) >= 11 is 1.41. The maximum absolute atomic E-state index is 12.4. The molecule has 0 unspecified atom stereocenters. The zero-order chi connectivity index (χ0) is 15.0. The molecule has 106 valence electrons. The third-order valence-corrected chi connectivity index (χ3v) is 4.54. The highest BCUT2D eigenvalue weighted by Crippen LogP contribution is 2.34. The molecule has 3 rings (SSSR count). The first kappa shape index (κ1) is 13.6. The quantitative estimate of drug-likeness (QED) is 0.757. The van der Waals surface area contributed by atoms with E-state index in [2.05, 4.69) is 10.3 Å². The highest BCUT2D eigenvalue weighted by atomic mass is 32.1. The molecule has 4 nitrogen and oxygen atoms in total. The Morgan fingerprint density at radius 2 is 2.10 bits per heavy atom. The molecule has 0 saturated heterocycles. The molecule has 3 N–H and O–H groups in total. The van der Waals surface area contributed by atoms with Gasteiger partial charge in [0.15, 0.2) is 0 Å². The zero-order valence-corrected chi connectivity index (χ0v) is 12.6. The van der Waals surface area contributed by atoms with E-state index < -0.39 is 0 Å². The van der Waals surface area contributed by atoms with Crippen molar-refractivity contribution in [3.63, 3.8) is 0 Å². The lowest BCUT2D eigenvalue weighted by Crippen LogP contribution is -2.13. The molecule has 0 aliphatic carbocycles. The summed E-state index contributed by atoms with van der Waals surface area (Å²) < 4.78 is 1.03. The number of carbonyl (C=O) groups is 1. The van der Waals surface area contributed by atoms with E-state index in [4.69, 9.17) is 5.73 Å². The van der Waals surface area contributed by atoms with Crippen LogP contribution in [-0.2, 0) is 0 Å². The van der Waals surface area contributed by atoms with Gasteiger partial charge in [-0.15, -0.1) is 11.3 Å². The first-order valence-corrected chi connectivity index (χ1v) is 7.38. The van der Waals surface area contributed by atoms with Gasteiger partial charge in [0.05, 0.1) is 17.6 Å². The average molecular weight is 297 g/mol. The summed E-state index contributed by atoms with van der Waals surface area (Å²) in [6, 6.07) is 7.86. The SMILES string of the molecule is Cc1ccc2c(N)c(C(=O)Nc3cnccc3C)sc2c1. The molecule has 21 heavy (non-hydrogen) atoms. The summed E-state index contributed by atoms with van der Waals surface area (Å²) in [7, 11) is 0. The van der Waals surface area contributed by atoms with Gasteiger partial charge >= 0.3 is 0 Å². The Morgan fingerprint density at radius 1 is 1.29 bits per heavy atom. The molecular formula is C16H15N3OS. The number of hydrogen-bond donors (Lipinski definition) is 2. The molecule has 0 radical (unpaired) electrons. The Hall–Kier alpha value is -2.40. The lowest BCUT2D eigenvalue weighted by atomic mass is 10.1. The van der Waals surface area contributed by atoms with E-state index in [0.717, 1.165) is 21.2 Å². The molecule has 1 amide bonds. The van der Waals surface area contributed by atoms with Gasteiger partial charge in [0.25, 0.3) is 5.91 Å². The molecule has 0 saturated carbocycles. The van der Waals surface area contributed by atoms with E-state index in [1.54, 1.807) is 12.4 Å². The van der Waals surface area contributed by atoms with Gasteiger partial charge in [0.1, 0.15) is 4.88 Å². The van der Waals surface area contributed by atoms with Crippen molar-refractivity contribution in [3.8, 4) is 0 Å². The number of rotatable bonds is 2. The number of fused-ring (bicyclic) bond motifs is 1. The van der Waals surface area contributed by atoms with Crippen LogP contribution >= 0.6 is 11.3 Å². The fourth-order valence-electron chi connectivity index (χ4n) is 2.17. The molecule has 3 aromatic rings. The van der Waals surface area contributed by atoms with Gasteiger partial charge in [-0.25, -0.2) is 0 Å². The fourth-order valence-corrected chi connectivity index (χ4v) is 3.28. The highest BCUT2D eigenvalue weighted by molar-refractivity contribution is 7.21. The lowest BCUT2D eigenvalue weighted by Gasteiger charge is -2.06. The minimum atomic E-state index is -0.192. The number of aromatic nitrogens is 1. The Morgan fingerprint density at radius 3 is 2.86 bits per heavy atom. The molecular weight excluding hydrogens is 282 g/mol. The van der Waals surface area contributed by atoms with Crippen LogP contribution in [0.2, 0.25) is 0 Å². The van der Waals surface area contributed by atoms with Crippen LogP contribution in [0, 0.1) is 13.8 Å². The number of amides is 1. The van der Waals surface area contributed by atoms with E-state index in [1.807, 2.05) is 38.1 Å². The molecule has 0 spiro atoms. The van der Waals surface area contributed by atoms with Crippen LogP contribution in [0.15, 0.2) is 36.7 Å². The number of benzene rings is 1. The molecule has 1 aromatic carbocycles. The summed E-state index contributed by atoms with van der Waals surface area (Å²) in [5.74, 6) is -0.192. The molecule has 2 heterocycles. The predicted octanol–water partition coefficient (Wildman–Crippen LogP) is 3.75. The topological polar surface area (TPSA) is 68.0 Å². The minimum absolute atomic E-state index is 0.192. The van der Waals surface area contributed by atoms with Crippen molar-refractivity contribution in [2.45, 2.75) is 13.8 Å². The first-order valence-electron chi connectivity index (χ1n) is 6.57. The minimum Gasteiger partial charge on any atom is -0.397 e. The Labute approximate surface area is 126 Å². The van der Waals surface area contributed by atoms with Crippen molar-refractivity contribution >= 4 is 38.7 Å². The average Bonchev–Trinajstić information content (AvgIpc) is 2.78. The van der Waals surface area contributed by atoms with Gasteiger partial charge < -0.3 is 11.1 Å². The van der Waals surface area contributed by atoms with Crippen molar-refractivity contribution in [2.24, 2.45) is 0 Å². The van der Waals surface area contributed by atoms with Gasteiger partial charge in [-0.2, -0.15) is 0 Å². The van der Waals surface area contributed by atoms with Gasteiger partial charge in [0, 0.05) is 16.3 Å². The van der Waals surface area contributed by atoms with Crippen LogP contribution in [0.1, 0.15) is 20.8 Å². The van der Waals surface area contributed by atoms with E-state index in [1.165, 1.54) is 11.3 Å². The Bertz CT molecular complexity index is 839. The molecule has 0 aliphatic heterocycles. The maximum atomic E-state index is 12.4. The van der Waals surface area contributed by atoms with Gasteiger partial charge in [0.2, 0.25) is 0 Å². The molecule has 0 bridgehead atoms. The van der Waals surface area contributed by atoms with Crippen molar-refractivity contribution in [1.29, 1.82) is 0 Å². The smallest absolute Gasteiger partial charge is 0.267 e. The summed E-state index contributed by atoms with van der Waals surface area (Å²) in [5, 5.41) is 3.80. The second kappa shape index (κ2) is 5.18. The van der Waals surface area contributed by atoms with E-state index in [0.29, 0.717) is 16.3 Å². The maximum Gasteiger partial charge on any atom is 0.267 e. The van der Waals surface area contributed by atoms with Crippen LogP contribution in [0.4, 0.5) is 11.4 Å². The van der Waals surface area contributed by atoms with Crippen molar-refractivity contribution in [1.82, 2.24) is 4.98 Å². The van der Waals surface area contributed by atoms with Crippen LogP contribution in [0.25, 0.3) is 10.1 Å². The number of carbonyl (C=O) groups excluding carboxylic acids is 1. The molecule has 2 aromatic heterocycles. The van der Waals surface area contributed by atoms with Crippen LogP contribution in [0.5, 0.6) is 0 Å². The number of nitrogens with one attached hydrogen (secondary N) is 1. The molecule has 5 heteroatoms. The van der Waals surface area contributed by atoms with E-state index in [9.17, 15) is 4.79 Å². The van der Waals surface area contributed by atoms with E-state index in [-0.39, 0.29) is 5.91 Å². The lowest BCUT2D eigenvalue weighted by molar-refractivity contribution is 0.103. The van der Waals surface area contributed by atoms with Crippen LogP contribution < -0.4 is 11.1 Å². The largest absolute Gasteiger partial charge is 0.397 e. The summed E-state index contributed by atoms with van der Waals surface area (Å²) in [5.41, 5.74) is 9.47. The summed E-state index contributed by atoms with van der Waals surface area (Å²) in [6.45, 7) is 3.95. The molecule has 0 aliphatic rings. The third-order valence-electron chi connectivity index (χ3n) is 3.38. The van der Waals surface area contributed by atoms with Crippen molar-refractivity contribution in [2.75, 3.05) is 11.1 Å². The number of anilines is 2. The monoisotopic (exact) mass is 297 g/mol. The number of aryl methyl sites for hydroxylation is 2. The standard InChI is InChI=1S/C16H15N3OS/c1-9-3-4-11-13(7-9)21-15(14(11)17)16(20)19-12-8-18-6-5-10(12)2/h3-8H,17H2,1-2H3,(H,19,20). The van der Waals surface area contributed by atoms with Gasteiger partial charge in [-0.3, -0.25) is 9.78 Å². The molecule has 0 atom stereocenters. The second-order valence-electron chi connectivity index (χ2n) is 4.99. The third kappa shape index (κ3) is 2.48. The normalized spacial score (nSPS) is 10.8. The van der Waals surface area contributed by atoms with Gasteiger partial charge in [-0.1, -0.05) is 12.1 Å². The van der Waals surface area contributed by atoms with Crippen molar-refractivity contribution in [3.05, 3.63) is 52.7 Å². The Balaban J connectivity index is 1.98. The second-order valence-corrected chi connectivity index (χ2v) is 6.04. The van der Waals surface area contributed by atoms with Gasteiger partial charge in [-0.05, 0) is 37.1 Å². The predicted molar refractivity (Wildman–Crippen MR) is 87.9 cm³/mol. The summed E-state index contributed by atoms with van der Waals surface area (Å²) in [4.78, 5) is 17.0. The van der Waals surface area contributed by atoms with Crippen LogP contribution in [-0.4, -0.2) is 10.9 Å². The number of nitrogen functional groups attached to an aromatic ring is 1. The van der Waals surface area contributed by atoms with Crippen LogP contribution in [0.3, 0.4) is 0 Å². The highest BCUT2D eigenvalue weighted by Gasteiger charge is 2.17. The van der Waals surface area contributed by atoms with E-state index >= 15 is 0 Å². The number of nitrogens with two attached hydrogens (primary N) is 1. The number of hydrogen-bond acceptors (Lipinski definition) is 4. The number of pyridine rings is 1. The van der Waals surface area contributed by atoms with Crippen molar-refractivity contribution < 1.29 is 4.79 Å². The molecule has 0 fully saturated rings. The first-order chi connectivity index (χ1) is 10.1. The zero-order valence-electron chi connectivity index (χ0n) is 11.8. The Kier molecular flexibility index (Phi) is 3.35. The fraction of sp³-hybridized carbons (Fsp3) is 0.125. The number of thiophene rings is 1. The summed E-state index contributed by atoms with van der Waals surface area (Å²) in [6.07, 6.45) is 3.34.